The van der Waals surface area contributed by atoms with Crippen LogP contribution in [0.3, 0.4) is 0 Å². The van der Waals surface area contributed by atoms with E-state index in [2.05, 4.69) is 16.8 Å². The van der Waals surface area contributed by atoms with Crippen molar-refractivity contribution in [1.82, 2.24) is 4.98 Å². The molecule has 1 aromatic carbocycles. The average Bonchev–Trinajstić information content (AvgIpc) is 2.39. The lowest BCUT2D eigenvalue weighted by molar-refractivity contribution is 0.331. The van der Waals surface area contributed by atoms with Crippen LogP contribution in [0, 0.1) is 11.8 Å². The third-order valence-corrected chi connectivity index (χ3v) is 2.39. The van der Waals surface area contributed by atoms with Gasteiger partial charge in [-0.3, -0.25) is 4.98 Å². The number of fused-ring (bicyclic) bond motifs is 1. The molecule has 0 aliphatic heterocycles. The van der Waals surface area contributed by atoms with Gasteiger partial charge < -0.3 is 4.74 Å². The molecule has 0 spiro atoms. The van der Waals surface area contributed by atoms with Crippen molar-refractivity contribution in [2.45, 2.75) is 19.8 Å². The Bertz CT molecular complexity index is 546. The Hall–Kier alpha value is -2.01. The van der Waals surface area contributed by atoms with Gasteiger partial charge in [0.1, 0.15) is 5.75 Å². The Morgan fingerprint density at radius 3 is 3.00 bits per heavy atom. The van der Waals surface area contributed by atoms with Gasteiger partial charge >= 0.3 is 0 Å². The number of hydrogen-bond donors (Lipinski definition) is 0. The molecule has 0 N–H and O–H groups in total. The summed E-state index contributed by atoms with van der Waals surface area (Å²) < 4.78 is 5.72. The highest BCUT2D eigenvalue weighted by Gasteiger charge is 2.00. The molecule has 0 saturated heterocycles. The number of pyridine rings is 1. The zero-order chi connectivity index (χ0) is 11.9. The van der Waals surface area contributed by atoms with E-state index in [0.29, 0.717) is 6.61 Å². The Labute approximate surface area is 102 Å². The zero-order valence-electron chi connectivity index (χ0n) is 9.94. The summed E-state index contributed by atoms with van der Waals surface area (Å²) in [6, 6.07) is 9.86. The van der Waals surface area contributed by atoms with Gasteiger partial charge in [0.05, 0.1) is 12.1 Å². The van der Waals surface area contributed by atoms with Gasteiger partial charge in [0.2, 0.25) is 0 Å². The molecule has 86 valence electrons. The van der Waals surface area contributed by atoms with E-state index in [-0.39, 0.29) is 0 Å². The molecule has 2 aromatic rings. The number of nitrogens with zero attached hydrogens (tertiary/aromatic N) is 1. The van der Waals surface area contributed by atoms with E-state index in [9.17, 15) is 0 Å². The number of rotatable bonds is 3. The van der Waals surface area contributed by atoms with E-state index in [1.54, 1.807) is 6.20 Å². The number of ether oxygens (including phenoxy) is 1. The van der Waals surface area contributed by atoms with E-state index >= 15 is 0 Å². The summed E-state index contributed by atoms with van der Waals surface area (Å²) in [7, 11) is 0. The van der Waals surface area contributed by atoms with Crippen molar-refractivity contribution < 1.29 is 4.74 Å². The van der Waals surface area contributed by atoms with Crippen molar-refractivity contribution >= 4 is 10.9 Å². The topological polar surface area (TPSA) is 22.1 Å². The molecule has 2 nitrogen and oxygen atoms in total. The quantitative estimate of drug-likeness (QED) is 0.590. The largest absolute Gasteiger partial charge is 0.492 e. The van der Waals surface area contributed by atoms with Crippen LogP contribution >= 0.6 is 0 Å². The smallest absolute Gasteiger partial charge is 0.128 e. The van der Waals surface area contributed by atoms with Gasteiger partial charge in [-0.15, -0.1) is 5.92 Å². The van der Waals surface area contributed by atoms with Crippen LogP contribution in [0.25, 0.3) is 10.9 Å². The molecule has 2 heteroatoms. The number of benzene rings is 1. The fraction of sp³-hybridized carbons (Fsp3) is 0.267. The summed E-state index contributed by atoms with van der Waals surface area (Å²) in [5.41, 5.74) is 0.963. The van der Waals surface area contributed by atoms with Crippen molar-refractivity contribution in [3.8, 4) is 17.6 Å². The van der Waals surface area contributed by atoms with E-state index in [4.69, 9.17) is 4.74 Å². The first kappa shape index (κ1) is 11.5. The van der Waals surface area contributed by atoms with Crippen LogP contribution in [0.15, 0.2) is 36.5 Å². The Kier molecular flexibility index (Phi) is 3.99. The first-order valence-electron chi connectivity index (χ1n) is 5.84. The average molecular weight is 225 g/mol. The van der Waals surface area contributed by atoms with Gasteiger partial charge in [0.15, 0.2) is 0 Å². The van der Waals surface area contributed by atoms with Crippen molar-refractivity contribution in [2.75, 3.05) is 6.61 Å². The van der Waals surface area contributed by atoms with Crippen LogP contribution in [0.5, 0.6) is 5.75 Å². The maximum atomic E-state index is 5.72. The molecule has 0 amide bonds. The summed E-state index contributed by atoms with van der Waals surface area (Å²) in [5, 5.41) is 1.05. The van der Waals surface area contributed by atoms with Crippen molar-refractivity contribution in [1.29, 1.82) is 0 Å². The SMILES string of the molecule is CCC#CCCOc1cccc2ncccc12. The standard InChI is InChI=1S/C15H15NO/c1-2-3-4-5-12-17-15-10-6-9-14-13(15)8-7-11-16-14/h6-11H,2,5,12H2,1H3. The molecule has 0 aliphatic carbocycles. The lowest BCUT2D eigenvalue weighted by Gasteiger charge is -2.06. The van der Waals surface area contributed by atoms with Crippen LogP contribution in [-0.4, -0.2) is 11.6 Å². The zero-order valence-corrected chi connectivity index (χ0v) is 9.94. The maximum absolute atomic E-state index is 5.72. The van der Waals surface area contributed by atoms with E-state index in [1.807, 2.05) is 37.3 Å². The normalized spacial score (nSPS) is 9.71. The van der Waals surface area contributed by atoms with Crippen molar-refractivity contribution in [3.63, 3.8) is 0 Å². The Balaban J connectivity index is 2.08. The minimum absolute atomic E-state index is 0.626. The molecular weight excluding hydrogens is 210 g/mol. The molecule has 1 aromatic heterocycles. The summed E-state index contributed by atoms with van der Waals surface area (Å²) in [6.45, 7) is 2.67. The highest BCUT2D eigenvalue weighted by atomic mass is 16.5. The molecule has 0 fully saturated rings. The molecule has 0 radical (unpaired) electrons. The van der Waals surface area contributed by atoms with Gasteiger partial charge in [-0.1, -0.05) is 18.9 Å². The maximum Gasteiger partial charge on any atom is 0.128 e. The second-order valence-corrected chi connectivity index (χ2v) is 3.63. The highest BCUT2D eigenvalue weighted by Crippen LogP contribution is 2.23. The van der Waals surface area contributed by atoms with E-state index < -0.39 is 0 Å². The molecule has 0 unspecified atom stereocenters. The molecule has 0 atom stereocenters. The highest BCUT2D eigenvalue weighted by molar-refractivity contribution is 5.84. The number of aromatic nitrogens is 1. The summed E-state index contributed by atoms with van der Waals surface area (Å²) in [6.07, 6.45) is 3.46. The third-order valence-electron chi connectivity index (χ3n) is 2.39. The lowest BCUT2D eigenvalue weighted by atomic mass is 10.2. The van der Waals surface area contributed by atoms with Crippen LogP contribution in [0.1, 0.15) is 19.8 Å². The minimum Gasteiger partial charge on any atom is -0.492 e. The third kappa shape index (κ3) is 2.98. The van der Waals surface area contributed by atoms with Gasteiger partial charge in [-0.2, -0.15) is 0 Å². The minimum atomic E-state index is 0.626. The second kappa shape index (κ2) is 5.91. The monoisotopic (exact) mass is 225 g/mol. The molecule has 2 rings (SSSR count). The molecular formula is C15H15NO. The Morgan fingerprint density at radius 1 is 1.18 bits per heavy atom. The van der Waals surface area contributed by atoms with Crippen LogP contribution < -0.4 is 4.74 Å². The van der Waals surface area contributed by atoms with Gasteiger partial charge in [-0.25, -0.2) is 0 Å². The fourth-order valence-electron chi connectivity index (χ4n) is 1.63. The fourth-order valence-corrected chi connectivity index (χ4v) is 1.63. The van der Waals surface area contributed by atoms with Crippen LogP contribution in [0.4, 0.5) is 0 Å². The first-order valence-corrected chi connectivity index (χ1v) is 5.84. The van der Waals surface area contributed by atoms with Crippen LogP contribution in [-0.2, 0) is 0 Å². The summed E-state index contributed by atoms with van der Waals surface area (Å²) in [4.78, 5) is 4.29. The lowest BCUT2D eigenvalue weighted by Crippen LogP contribution is -1.96. The van der Waals surface area contributed by atoms with E-state index in [1.165, 1.54) is 0 Å². The summed E-state index contributed by atoms with van der Waals surface area (Å²) >= 11 is 0. The molecule has 0 saturated carbocycles. The molecule has 1 heterocycles. The van der Waals surface area contributed by atoms with Gasteiger partial charge in [0, 0.05) is 24.4 Å². The predicted molar refractivity (Wildman–Crippen MR) is 69.9 cm³/mol. The Morgan fingerprint density at radius 2 is 2.12 bits per heavy atom. The van der Waals surface area contributed by atoms with Crippen molar-refractivity contribution in [3.05, 3.63) is 36.5 Å². The molecule has 17 heavy (non-hydrogen) atoms. The first-order chi connectivity index (χ1) is 8.42. The van der Waals surface area contributed by atoms with Gasteiger partial charge in [0.25, 0.3) is 0 Å². The number of hydrogen-bond acceptors (Lipinski definition) is 2. The molecule has 0 bridgehead atoms. The summed E-state index contributed by atoms with van der Waals surface area (Å²) in [5.74, 6) is 6.98. The second-order valence-electron chi connectivity index (χ2n) is 3.63. The molecule has 0 aliphatic rings. The van der Waals surface area contributed by atoms with Crippen LogP contribution in [0.2, 0.25) is 0 Å². The van der Waals surface area contributed by atoms with Crippen molar-refractivity contribution in [2.24, 2.45) is 0 Å². The van der Waals surface area contributed by atoms with E-state index in [0.717, 1.165) is 29.5 Å². The van der Waals surface area contributed by atoms with Gasteiger partial charge in [-0.05, 0) is 24.3 Å². The predicted octanol–water partition coefficient (Wildman–Crippen LogP) is 3.42.